The minimum absolute atomic E-state index is 0.0756. The minimum Gasteiger partial charge on any atom is -0.492 e. The molecule has 2 aliphatic rings. The normalized spacial score (nSPS) is 25.3. The molecular weight excluding hydrogens is 292 g/mol. The Hall–Kier alpha value is -1.60. The van der Waals surface area contributed by atoms with Crippen LogP contribution in [0.2, 0.25) is 0 Å². The van der Waals surface area contributed by atoms with Gasteiger partial charge in [-0.05, 0) is 18.9 Å². The number of fused-ring (bicyclic) bond motifs is 1. The second-order valence-electron chi connectivity index (χ2n) is 5.54. The van der Waals surface area contributed by atoms with Crippen molar-refractivity contribution in [2.75, 3.05) is 19.7 Å². The Morgan fingerprint density at radius 1 is 1.33 bits per heavy atom. The summed E-state index contributed by atoms with van der Waals surface area (Å²) >= 11 is 0. The number of carbonyl (C=O) groups is 1. The number of para-hydroxylation sites is 1. The van der Waals surface area contributed by atoms with Crippen LogP contribution in [0.5, 0.6) is 5.75 Å². The van der Waals surface area contributed by atoms with Gasteiger partial charge < -0.3 is 9.64 Å². The zero-order chi connectivity index (χ0) is 15.0. The number of carbonyl (C=O) groups excluding carboxylic acids is 1. The quantitative estimate of drug-likeness (QED) is 0.858. The molecule has 0 aromatic heterocycles. The lowest BCUT2D eigenvalue weighted by atomic mass is 9.98. The van der Waals surface area contributed by atoms with E-state index in [1.165, 1.54) is 0 Å². The molecule has 1 fully saturated rings. The molecule has 1 amide bonds. The van der Waals surface area contributed by atoms with Crippen LogP contribution >= 0.6 is 0 Å². The predicted molar refractivity (Wildman–Crippen MR) is 77.4 cm³/mol. The molecule has 0 spiro atoms. The fraction of sp³-hybridized carbons (Fsp3) is 0.500. The predicted octanol–water partition coefficient (Wildman–Crippen LogP) is 0.442. The Kier molecular flexibility index (Phi) is 3.62. The fourth-order valence-electron chi connectivity index (χ4n) is 2.99. The first kappa shape index (κ1) is 14.3. The van der Waals surface area contributed by atoms with Crippen molar-refractivity contribution in [3.63, 3.8) is 0 Å². The number of likely N-dealkylation sites (tertiary alicyclic amines) is 1. The first-order valence-electron chi connectivity index (χ1n) is 6.99. The molecule has 3 rings (SSSR count). The average molecular weight is 310 g/mol. The van der Waals surface area contributed by atoms with Gasteiger partial charge in [0, 0.05) is 18.7 Å². The van der Waals surface area contributed by atoms with Gasteiger partial charge in [-0.1, -0.05) is 18.2 Å². The van der Waals surface area contributed by atoms with Crippen LogP contribution in [0.25, 0.3) is 0 Å². The molecule has 114 valence electrons. The van der Waals surface area contributed by atoms with Crippen LogP contribution in [0.3, 0.4) is 0 Å². The van der Waals surface area contributed by atoms with E-state index >= 15 is 0 Å². The highest BCUT2D eigenvalue weighted by Gasteiger charge is 2.37. The first-order chi connectivity index (χ1) is 9.97. The third kappa shape index (κ3) is 2.75. The number of benzene rings is 1. The number of rotatable bonds is 2. The maximum atomic E-state index is 12.6. The van der Waals surface area contributed by atoms with E-state index in [0.717, 1.165) is 11.3 Å². The van der Waals surface area contributed by atoms with Crippen molar-refractivity contribution in [2.24, 2.45) is 5.14 Å². The van der Waals surface area contributed by atoms with E-state index in [2.05, 4.69) is 0 Å². The van der Waals surface area contributed by atoms with Crippen molar-refractivity contribution >= 4 is 15.9 Å². The highest BCUT2D eigenvalue weighted by atomic mass is 32.2. The van der Waals surface area contributed by atoms with Crippen LogP contribution < -0.4 is 9.88 Å². The van der Waals surface area contributed by atoms with Crippen LogP contribution in [-0.4, -0.2) is 44.2 Å². The summed E-state index contributed by atoms with van der Waals surface area (Å²) in [7, 11) is -3.60. The van der Waals surface area contributed by atoms with Crippen molar-refractivity contribution < 1.29 is 17.9 Å². The Balaban J connectivity index is 1.77. The average Bonchev–Trinajstić information content (AvgIpc) is 2.90. The standard InChI is InChI=1S/C14H18N2O4S/c15-21(18,19)10-4-3-7-16(8-10)14(17)12-9-20-13-6-2-1-5-11(12)13/h1-2,5-6,10,12H,3-4,7-9H2,(H2,15,18,19). The van der Waals surface area contributed by atoms with Gasteiger partial charge in [-0.25, -0.2) is 13.6 Å². The fourth-order valence-corrected chi connectivity index (χ4v) is 3.88. The Bertz CT molecular complexity index is 659. The van der Waals surface area contributed by atoms with E-state index in [1.807, 2.05) is 24.3 Å². The number of primary sulfonamides is 1. The lowest BCUT2D eigenvalue weighted by molar-refractivity contribution is -0.133. The monoisotopic (exact) mass is 310 g/mol. The Morgan fingerprint density at radius 2 is 2.10 bits per heavy atom. The molecule has 6 nitrogen and oxygen atoms in total. The summed E-state index contributed by atoms with van der Waals surface area (Å²) in [5, 5.41) is 4.55. The van der Waals surface area contributed by atoms with Crippen molar-refractivity contribution in [1.29, 1.82) is 0 Å². The van der Waals surface area contributed by atoms with Crippen molar-refractivity contribution in [1.82, 2.24) is 4.90 Å². The molecule has 1 aromatic carbocycles. The van der Waals surface area contributed by atoms with Gasteiger partial charge in [0.05, 0.1) is 5.25 Å². The van der Waals surface area contributed by atoms with Crippen LogP contribution in [0.1, 0.15) is 24.3 Å². The lowest BCUT2D eigenvalue weighted by Crippen LogP contribution is -2.48. The minimum atomic E-state index is -3.60. The van der Waals surface area contributed by atoms with Gasteiger partial charge in [0.15, 0.2) is 0 Å². The molecule has 2 N–H and O–H groups in total. The number of piperidine rings is 1. The van der Waals surface area contributed by atoms with E-state index in [4.69, 9.17) is 9.88 Å². The summed E-state index contributed by atoms with van der Waals surface area (Å²) in [6, 6.07) is 7.46. The van der Waals surface area contributed by atoms with Crippen molar-refractivity contribution in [3.8, 4) is 5.75 Å². The molecule has 0 bridgehead atoms. The molecule has 2 heterocycles. The van der Waals surface area contributed by atoms with Gasteiger partial charge >= 0.3 is 0 Å². The molecule has 0 saturated carbocycles. The molecule has 0 radical (unpaired) electrons. The molecule has 0 aliphatic carbocycles. The second kappa shape index (κ2) is 5.31. The van der Waals surface area contributed by atoms with Crippen LogP contribution in [0.4, 0.5) is 0 Å². The Labute approximate surface area is 123 Å². The third-order valence-corrected chi connectivity index (χ3v) is 5.47. The summed E-state index contributed by atoms with van der Waals surface area (Å²) in [5.74, 6) is 0.310. The molecule has 2 unspecified atom stereocenters. The SMILES string of the molecule is NS(=O)(=O)C1CCCN(C(=O)C2COc3ccccc32)C1. The third-order valence-electron chi connectivity index (χ3n) is 4.15. The number of amides is 1. The molecule has 7 heteroatoms. The zero-order valence-electron chi connectivity index (χ0n) is 11.6. The van der Waals surface area contributed by atoms with Crippen LogP contribution in [-0.2, 0) is 14.8 Å². The molecular formula is C14H18N2O4S. The van der Waals surface area contributed by atoms with Gasteiger partial charge in [0.2, 0.25) is 15.9 Å². The van der Waals surface area contributed by atoms with Crippen molar-refractivity contribution in [3.05, 3.63) is 29.8 Å². The van der Waals surface area contributed by atoms with Crippen molar-refractivity contribution in [2.45, 2.75) is 24.0 Å². The first-order valence-corrected chi connectivity index (χ1v) is 8.60. The summed E-state index contributed by atoms with van der Waals surface area (Å²) in [4.78, 5) is 14.3. The molecule has 2 atom stereocenters. The number of hydrogen-bond donors (Lipinski definition) is 1. The largest absolute Gasteiger partial charge is 0.492 e. The summed E-state index contributed by atoms with van der Waals surface area (Å²) in [5.41, 5.74) is 0.875. The number of ether oxygens (including phenoxy) is 1. The van der Waals surface area contributed by atoms with E-state index in [1.54, 1.807) is 4.90 Å². The van der Waals surface area contributed by atoms with Gasteiger partial charge in [-0.3, -0.25) is 4.79 Å². The zero-order valence-corrected chi connectivity index (χ0v) is 12.4. The van der Waals surface area contributed by atoms with Gasteiger partial charge in [-0.15, -0.1) is 0 Å². The van der Waals surface area contributed by atoms with E-state index < -0.39 is 15.3 Å². The van der Waals surface area contributed by atoms with Gasteiger partial charge in [-0.2, -0.15) is 0 Å². The summed E-state index contributed by atoms with van der Waals surface area (Å²) in [6.45, 7) is 1.06. The summed E-state index contributed by atoms with van der Waals surface area (Å²) in [6.07, 6.45) is 1.17. The van der Waals surface area contributed by atoms with E-state index in [9.17, 15) is 13.2 Å². The molecule has 1 aromatic rings. The van der Waals surface area contributed by atoms with Crippen LogP contribution in [0.15, 0.2) is 24.3 Å². The highest BCUT2D eigenvalue weighted by Crippen LogP contribution is 2.35. The van der Waals surface area contributed by atoms with Gasteiger partial charge in [0.1, 0.15) is 18.3 Å². The smallest absolute Gasteiger partial charge is 0.233 e. The Morgan fingerprint density at radius 3 is 2.86 bits per heavy atom. The van der Waals surface area contributed by atoms with Gasteiger partial charge in [0.25, 0.3) is 0 Å². The number of nitrogens with two attached hydrogens (primary N) is 1. The highest BCUT2D eigenvalue weighted by molar-refractivity contribution is 7.89. The summed E-state index contributed by atoms with van der Waals surface area (Å²) < 4.78 is 28.5. The number of sulfonamides is 1. The number of hydrogen-bond acceptors (Lipinski definition) is 4. The lowest BCUT2D eigenvalue weighted by Gasteiger charge is -2.33. The molecule has 2 aliphatic heterocycles. The number of nitrogens with zero attached hydrogens (tertiary/aromatic N) is 1. The van der Waals surface area contributed by atoms with E-state index in [0.29, 0.717) is 26.0 Å². The molecule has 21 heavy (non-hydrogen) atoms. The van der Waals surface area contributed by atoms with Crippen LogP contribution in [0, 0.1) is 0 Å². The maximum Gasteiger partial charge on any atom is 0.233 e. The second-order valence-corrected chi connectivity index (χ2v) is 7.38. The van der Waals surface area contributed by atoms with E-state index in [-0.39, 0.29) is 18.4 Å². The molecule has 1 saturated heterocycles. The maximum absolute atomic E-state index is 12.6. The topological polar surface area (TPSA) is 89.7 Å².